The average Bonchev–Trinajstić information content (AvgIpc) is 2.26. The van der Waals surface area contributed by atoms with E-state index in [1.165, 1.54) is 6.92 Å². The van der Waals surface area contributed by atoms with Gasteiger partial charge in [-0.25, -0.2) is 4.39 Å². The van der Waals surface area contributed by atoms with Gasteiger partial charge in [0, 0.05) is 6.07 Å². The molecule has 1 rings (SSSR count). The summed E-state index contributed by atoms with van der Waals surface area (Å²) in [6, 6.07) is 4.23. The highest BCUT2D eigenvalue weighted by Crippen LogP contribution is 2.22. The lowest BCUT2D eigenvalue weighted by Crippen LogP contribution is -2.11. The first-order chi connectivity index (χ1) is 7.47. The summed E-state index contributed by atoms with van der Waals surface area (Å²) in [7, 11) is 0. The van der Waals surface area contributed by atoms with Crippen LogP contribution < -0.4 is 0 Å². The maximum atomic E-state index is 12.9. The van der Waals surface area contributed by atoms with Crippen LogP contribution in [0.5, 0.6) is 0 Å². The minimum Gasteiger partial charge on any atom is -0.292 e. The molecule has 1 aromatic rings. The Morgan fingerprint density at radius 1 is 1.62 bits per heavy atom. The van der Waals surface area contributed by atoms with E-state index in [2.05, 4.69) is 0 Å². The molecule has 82 valence electrons. The molecule has 0 aliphatic heterocycles. The lowest BCUT2D eigenvalue weighted by Gasteiger charge is -2.03. The van der Waals surface area contributed by atoms with Gasteiger partial charge in [-0.1, -0.05) is 0 Å². The van der Waals surface area contributed by atoms with Crippen molar-refractivity contribution in [1.29, 1.82) is 5.26 Å². The second-order valence-electron chi connectivity index (χ2n) is 3.13. The molecule has 0 amide bonds. The van der Waals surface area contributed by atoms with Gasteiger partial charge in [-0.2, -0.15) is 5.26 Å². The zero-order valence-electron chi connectivity index (χ0n) is 8.31. The van der Waals surface area contributed by atoms with E-state index in [9.17, 15) is 19.3 Å². The van der Waals surface area contributed by atoms with Gasteiger partial charge in [0.2, 0.25) is 0 Å². The molecule has 0 saturated carbocycles. The van der Waals surface area contributed by atoms with Crippen molar-refractivity contribution >= 4 is 11.5 Å². The first kappa shape index (κ1) is 11.8. The van der Waals surface area contributed by atoms with Gasteiger partial charge >= 0.3 is 0 Å². The number of nitrogens with zero attached hydrogens (tertiary/aromatic N) is 2. The van der Waals surface area contributed by atoms with Crippen molar-refractivity contribution in [1.82, 2.24) is 0 Å². The van der Waals surface area contributed by atoms with Crippen molar-refractivity contribution in [2.24, 2.45) is 5.92 Å². The lowest BCUT2D eigenvalue weighted by molar-refractivity contribution is -0.385. The molecule has 0 saturated heterocycles. The lowest BCUT2D eigenvalue weighted by atomic mass is 9.99. The molecule has 0 heterocycles. The molecule has 6 heteroatoms. The van der Waals surface area contributed by atoms with Crippen LogP contribution in [0.15, 0.2) is 18.2 Å². The Morgan fingerprint density at radius 3 is 2.75 bits per heavy atom. The van der Waals surface area contributed by atoms with Crippen LogP contribution >= 0.6 is 0 Å². The number of carbonyl (C=O) groups is 1. The highest BCUT2D eigenvalue weighted by Gasteiger charge is 2.24. The molecule has 5 nitrogen and oxygen atoms in total. The molecule has 0 radical (unpaired) electrons. The number of halogens is 1. The quantitative estimate of drug-likeness (QED) is 0.445. The molecule has 1 aromatic carbocycles. The van der Waals surface area contributed by atoms with Gasteiger partial charge in [0.25, 0.3) is 5.69 Å². The van der Waals surface area contributed by atoms with Crippen LogP contribution in [0.1, 0.15) is 17.3 Å². The van der Waals surface area contributed by atoms with Crippen LogP contribution in [-0.4, -0.2) is 10.7 Å². The van der Waals surface area contributed by atoms with E-state index in [0.717, 1.165) is 18.2 Å². The van der Waals surface area contributed by atoms with Crippen molar-refractivity contribution in [3.05, 3.63) is 39.7 Å². The molecule has 1 atom stereocenters. The second kappa shape index (κ2) is 4.49. The summed E-state index contributed by atoms with van der Waals surface area (Å²) in [6.45, 7) is 1.30. The fourth-order valence-electron chi connectivity index (χ4n) is 1.16. The molecule has 0 fully saturated rings. The Hall–Kier alpha value is -2.29. The predicted molar refractivity (Wildman–Crippen MR) is 52.2 cm³/mol. The van der Waals surface area contributed by atoms with Gasteiger partial charge in [0.05, 0.1) is 16.6 Å². The number of hydrogen-bond donors (Lipinski definition) is 0. The van der Waals surface area contributed by atoms with Crippen LogP contribution in [-0.2, 0) is 0 Å². The Kier molecular flexibility index (Phi) is 3.30. The number of nitro benzene ring substituents is 1. The predicted octanol–water partition coefficient (Wildman–Crippen LogP) is 2.08. The van der Waals surface area contributed by atoms with Crippen molar-refractivity contribution < 1.29 is 14.1 Å². The summed E-state index contributed by atoms with van der Waals surface area (Å²) in [5.74, 6) is -2.55. The second-order valence-corrected chi connectivity index (χ2v) is 3.13. The van der Waals surface area contributed by atoms with E-state index < -0.39 is 28.1 Å². The highest BCUT2D eigenvalue weighted by atomic mass is 19.1. The molecule has 0 aromatic heterocycles. The van der Waals surface area contributed by atoms with Gasteiger partial charge in [0.15, 0.2) is 5.78 Å². The highest BCUT2D eigenvalue weighted by molar-refractivity contribution is 6.02. The zero-order chi connectivity index (χ0) is 12.3. The average molecular weight is 222 g/mol. The summed E-state index contributed by atoms with van der Waals surface area (Å²) >= 11 is 0. The smallest absolute Gasteiger partial charge is 0.280 e. The van der Waals surface area contributed by atoms with E-state index >= 15 is 0 Å². The minimum absolute atomic E-state index is 0.376. The molecular formula is C10H7FN2O3. The van der Waals surface area contributed by atoms with Crippen LogP contribution in [0.25, 0.3) is 0 Å². The van der Waals surface area contributed by atoms with E-state index in [4.69, 9.17) is 5.26 Å². The molecule has 0 spiro atoms. The van der Waals surface area contributed by atoms with E-state index in [0.29, 0.717) is 0 Å². The number of nitro groups is 1. The summed E-state index contributed by atoms with van der Waals surface area (Å²) in [4.78, 5) is 21.4. The molecule has 0 aliphatic rings. The summed E-state index contributed by atoms with van der Waals surface area (Å²) < 4.78 is 12.9. The third kappa shape index (κ3) is 2.20. The fourth-order valence-corrected chi connectivity index (χ4v) is 1.16. The fraction of sp³-hybridized carbons (Fsp3) is 0.200. The Morgan fingerprint density at radius 2 is 2.25 bits per heavy atom. The van der Waals surface area contributed by atoms with Gasteiger partial charge in [-0.3, -0.25) is 14.9 Å². The third-order valence-corrected chi connectivity index (χ3v) is 2.01. The standard InChI is InChI=1S/C10H7FN2O3/c1-6(5-12)10(14)8-4-7(11)2-3-9(8)13(15)16/h2-4,6H,1H3. The van der Waals surface area contributed by atoms with E-state index in [1.54, 1.807) is 6.07 Å². The number of rotatable bonds is 3. The van der Waals surface area contributed by atoms with Crippen molar-refractivity contribution in [2.45, 2.75) is 6.92 Å². The summed E-state index contributed by atoms with van der Waals surface area (Å²) in [5, 5.41) is 19.1. The normalized spacial score (nSPS) is 11.6. The van der Waals surface area contributed by atoms with Gasteiger partial charge in [-0.05, 0) is 19.1 Å². The number of benzene rings is 1. The Balaban J connectivity index is 3.31. The topological polar surface area (TPSA) is 84.0 Å². The van der Waals surface area contributed by atoms with Crippen molar-refractivity contribution in [3.63, 3.8) is 0 Å². The van der Waals surface area contributed by atoms with Crippen molar-refractivity contribution in [3.8, 4) is 6.07 Å². The zero-order valence-corrected chi connectivity index (χ0v) is 8.31. The maximum absolute atomic E-state index is 12.9. The Bertz CT molecular complexity index is 493. The van der Waals surface area contributed by atoms with E-state index in [1.807, 2.05) is 0 Å². The van der Waals surface area contributed by atoms with Crippen molar-refractivity contribution in [2.75, 3.05) is 0 Å². The van der Waals surface area contributed by atoms with Gasteiger partial charge in [-0.15, -0.1) is 0 Å². The first-order valence-electron chi connectivity index (χ1n) is 4.35. The number of nitriles is 1. The van der Waals surface area contributed by atoms with Crippen LogP contribution in [0.2, 0.25) is 0 Å². The van der Waals surface area contributed by atoms with Crippen LogP contribution in [0.4, 0.5) is 10.1 Å². The number of Topliss-reactive ketones (excluding diaryl/α,β-unsaturated/α-hetero) is 1. The molecular weight excluding hydrogens is 215 g/mol. The van der Waals surface area contributed by atoms with Crippen LogP contribution in [0.3, 0.4) is 0 Å². The SMILES string of the molecule is CC(C#N)C(=O)c1cc(F)ccc1[N+](=O)[O-]. The minimum atomic E-state index is -1.04. The maximum Gasteiger partial charge on any atom is 0.280 e. The molecule has 0 aliphatic carbocycles. The van der Waals surface area contributed by atoms with E-state index in [-0.39, 0.29) is 5.56 Å². The largest absolute Gasteiger partial charge is 0.292 e. The van der Waals surface area contributed by atoms with Crippen LogP contribution in [0, 0.1) is 33.2 Å². The number of carbonyl (C=O) groups excluding carboxylic acids is 1. The molecule has 1 unspecified atom stereocenters. The summed E-state index contributed by atoms with van der Waals surface area (Å²) in [6.07, 6.45) is 0. The number of hydrogen-bond acceptors (Lipinski definition) is 4. The first-order valence-corrected chi connectivity index (χ1v) is 4.35. The monoisotopic (exact) mass is 222 g/mol. The number of ketones is 1. The molecule has 0 N–H and O–H groups in total. The third-order valence-electron chi connectivity index (χ3n) is 2.01. The summed E-state index contributed by atoms with van der Waals surface area (Å²) in [5.41, 5.74) is -0.868. The Labute approximate surface area is 90.3 Å². The van der Waals surface area contributed by atoms with Gasteiger partial charge in [0.1, 0.15) is 11.7 Å². The molecule has 16 heavy (non-hydrogen) atoms. The molecule has 0 bridgehead atoms. The van der Waals surface area contributed by atoms with Gasteiger partial charge < -0.3 is 0 Å².